The summed E-state index contributed by atoms with van der Waals surface area (Å²) in [5.74, 6) is 2.70. The summed E-state index contributed by atoms with van der Waals surface area (Å²) in [6.07, 6.45) is 2.78. The van der Waals surface area contributed by atoms with Crippen LogP contribution >= 0.6 is 11.8 Å². The molecule has 0 aliphatic heterocycles. The van der Waals surface area contributed by atoms with Crippen LogP contribution in [0.4, 0.5) is 0 Å². The Morgan fingerprint density at radius 1 is 1.06 bits per heavy atom. The molecule has 2 heterocycles. The number of para-hydroxylation sites is 2. The number of methoxy groups -OCH3 is 1. The molecule has 0 aliphatic carbocycles. The monoisotopic (exact) mass is 448 g/mol. The number of aromatic nitrogens is 3. The van der Waals surface area contributed by atoms with Crippen molar-refractivity contribution in [2.75, 3.05) is 12.9 Å². The van der Waals surface area contributed by atoms with Crippen molar-refractivity contribution < 1.29 is 13.9 Å². The smallest absolute Gasteiger partial charge is 0.220 e. The van der Waals surface area contributed by atoms with E-state index in [1.165, 1.54) is 0 Å². The van der Waals surface area contributed by atoms with Gasteiger partial charge in [-0.25, -0.2) is 0 Å². The fraction of sp³-hybridized carbons (Fsp3) is 0.208. The number of hydrogen-bond donors (Lipinski definition) is 1. The molecule has 4 aromatic rings. The number of nitrogens with one attached hydrogen (secondary N) is 1. The second-order valence-electron chi connectivity index (χ2n) is 7.01. The van der Waals surface area contributed by atoms with Crippen molar-refractivity contribution in [3.8, 4) is 23.0 Å². The predicted octanol–water partition coefficient (Wildman–Crippen LogP) is 4.72. The van der Waals surface area contributed by atoms with E-state index < -0.39 is 0 Å². The first-order chi connectivity index (χ1) is 15.8. The first-order valence-electron chi connectivity index (χ1n) is 10.3. The number of rotatable bonds is 10. The van der Waals surface area contributed by atoms with Crippen LogP contribution in [0.25, 0.3) is 17.3 Å². The van der Waals surface area contributed by atoms with Crippen molar-refractivity contribution in [2.45, 2.75) is 24.5 Å². The molecule has 0 saturated heterocycles. The van der Waals surface area contributed by atoms with E-state index in [-0.39, 0.29) is 5.91 Å². The molecule has 0 fully saturated rings. The number of amides is 1. The van der Waals surface area contributed by atoms with E-state index >= 15 is 0 Å². The molecule has 4 rings (SSSR count). The molecule has 0 bridgehead atoms. The molecule has 0 spiro atoms. The van der Waals surface area contributed by atoms with Gasteiger partial charge in [-0.15, -0.1) is 10.2 Å². The van der Waals surface area contributed by atoms with Gasteiger partial charge < -0.3 is 14.5 Å². The molecule has 2 aromatic carbocycles. The van der Waals surface area contributed by atoms with E-state index in [1.807, 2.05) is 71.3 Å². The predicted molar refractivity (Wildman–Crippen MR) is 124 cm³/mol. The molecule has 8 heteroatoms. The van der Waals surface area contributed by atoms with E-state index in [9.17, 15) is 4.79 Å². The van der Waals surface area contributed by atoms with Crippen molar-refractivity contribution in [3.05, 3.63) is 78.6 Å². The van der Waals surface area contributed by atoms with Crippen LogP contribution in [-0.4, -0.2) is 33.5 Å². The summed E-state index contributed by atoms with van der Waals surface area (Å²) in [5.41, 5.74) is 1.92. The van der Waals surface area contributed by atoms with Crippen LogP contribution in [-0.2, 0) is 11.3 Å². The molecule has 0 atom stereocenters. The van der Waals surface area contributed by atoms with Gasteiger partial charge >= 0.3 is 0 Å². The Balaban J connectivity index is 1.41. The summed E-state index contributed by atoms with van der Waals surface area (Å²) in [7, 11) is 1.64. The van der Waals surface area contributed by atoms with Crippen molar-refractivity contribution >= 4 is 17.7 Å². The lowest BCUT2D eigenvalue weighted by Gasteiger charge is -2.13. The molecule has 2 aromatic heterocycles. The lowest BCUT2D eigenvalue weighted by molar-refractivity contribution is -0.121. The van der Waals surface area contributed by atoms with Crippen LogP contribution in [0, 0.1) is 0 Å². The van der Waals surface area contributed by atoms with Crippen LogP contribution in [0.5, 0.6) is 5.75 Å². The Hall–Kier alpha value is -3.52. The van der Waals surface area contributed by atoms with Crippen molar-refractivity contribution in [2.24, 2.45) is 0 Å². The number of carbonyl (C=O) groups excluding carboxylic acids is 1. The lowest BCUT2D eigenvalue weighted by Crippen LogP contribution is -2.22. The second-order valence-corrected chi connectivity index (χ2v) is 8.07. The van der Waals surface area contributed by atoms with Gasteiger partial charge in [0.1, 0.15) is 5.75 Å². The zero-order chi connectivity index (χ0) is 22.2. The summed E-state index contributed by atoms with van der Waals surface area (Å²) in [5, 5.41) is 12.4. The maximum Gasteiger partial charge on any atom is 0.220 e. The molecule has 164 valence electrons. The first kappa shape index (κ1) is 21.7. The molecular weight excluding hydrogens is 424 g/mol. The summed E-state index contributed by atoms with van der Waals surface area (Å²) in [6.45, 7) is 0.543. The molecule has 0 radical (unpaired) electrons. The normalized spacial score (nSPS) is 10.8. The number of ether oxygens (including phenoxy) is 1. The standard InChI is InChI=1S/C24H24N4O3S/c1-30-20-12-6-5-11-19(20)28-23(21-13-7-15-31-21)26-27-24(28)32-16-8-14-22(29)25-17-18-9-3-2-4-10-18/h2-7,9-13,15H,8,14,16-17H2,1H3,(H,25,29). The number of carbonyl (C=O) groups is 1. The van der Waals surface area contributed by atoms with Gasteiger partial charge in [-0.05, 0) is 36.2 Å². The highest BCUT2D eigenvalue weighted by Crippen LogP contribution is 2.32. The number of benzene rings is 2. The zero-order valence-electron chi connectivity index (χ0n) is 17.7. The number of thioether (sulfide) groups is 1. The van der Waals surface area contributed by atoms with Gasteiger partial charge in [0.2, 0.25) is 11.7 Å². The van der Waals surface area contributed by atoms with Crippen molar-refractivity contribution in [3.63, 3.8) is 0 Å². The molecule has 0 aliphatic rings. The highest BCUT2D eigenvalue weighted by Gasteiger charge is 2.20. The van der Waals surface area contributed by atoms with Gasteiger partial charge in [-0.2, -0.15) is 0 Å². The molecule has 1 N–H and O–H groups in total. The van der Waals surface area contributed by atoms with Gasteiger partial charge in [0.15, 0.2) is 10.9 Å². The number of nitrogens with zero attached hydrogens (tertiary/aromatic N) is 3. The highest BCUT2D eigenvalue weighted by atomic mass is 32.2. The van der Waals surface area contributed by atoms with Gasteiger partial charge in [-0.1, -0.05) is 54.2 Å². The third kappa shape index (κ3) is 5.20. The lowest BCUT2D eigenvalue weighted by atomic mass is 10.2. The van der Waals surface area contributed by atoms with Crippen molar-refractivity contribution in [1.29, 1.82) is 0 Å². The van der Waals surface area contributed by atoms with Gasteiger partial charge in [0.05, 0.1) is 19.1 Å². The number of hydrogen-bond acceptors (Lipinski definition) is 6. The Morgan fingerprint density at radius 3 is 2.66 bits per heavy atom. The SMILES string of the molecule is COc1ccccc1-n1c(SCCCC(=O)NCc2ccccc2)nnc1-c1ccco1. The summed E-state index contributed by atoms with van der Waals surface area (Å²) in [4.78, 5) is 12.2. The van der Waals surface area contributed by atoms with Gasteiger partial charge in [0.25, 0.3) is 0 Å². The molecular formula is C24H24N4O3S. The third-order valence-electron chi connectivity index (χ3n) is 4.81. The van der Waals surface area contributed by atoms with Crippen molar-refractivity contribution in [1.82, 2.24) is 20.1 Å². The minimum atomic E-state index is 0.0388. The third-order valence-corrected chi connectivity index (χ3v) is 5.83. The maximum atomic E-state index is 12.2. The molecule has 7 nitrogen and oxygen atoms in total. The van der Waals surface area contributed by atoms with Crippen LogP contribution in [0.1, 0.15) is 18.4 Å². The fourth-order valence-corrected chi connectivity index (χ4v) is 4.13. The summed E-state index contributed by atoms with van der Waals surface area (Å²) < 4.78 is 13.0. The minimum Gasteiger partial charge on any atom is -0.495 e. The van der Waals surface area contributed by atoms with E-state index in [4.69, 9.17) is 9.15 Å². The molecule has 0 unspecified atom stereocenters. The fourth-order valence-electron chi connectivity index (χ4n) is 3.24. The van der Waals surface area contributed by atoms with Gasteiger partial charge in [-0.3, -0.25) is 9.36 Å². The van der Waals surface area contributed by atoms with E-state index in [0.29, 0.717) is 35.5 Å². The zero-order valence-corrected chi connectivity index (χ0v) is 18.5. The Kier molecular flexibility index (Phi) is 7.24. The number of furan rings is 1. The molecule has 1 amide bonds. The maximum absolute atomic E-state index is 12.2. The Bertz CT molecular complexity index is 1140. The minimum absolute atomic E-state index is 0.0388. The molecule has 32 heavy (non-hydrogen) atoms. The Labute approximate surface area is 190 Å². The quantitative estimate of drug-likeness (QED) is 0.279. The largest absolute Gasteiger partial charge is 0.495 e. The van der Waals surface area contributed by atoms with E-state index in [2.05, 4.69) is 15.5 Å². The summed E-state index contributed by atoms with van der Waals surface area (Å²) in [6, 6.07) is 21.3. The van der Waals surface area contributed by atoms with Crippen LogP contribution in [0.15, 0.2) is 82.6 Å². The molecule has 0 saturated carbocycles. The van der Waals surface area contributed by atoms with E-state index in [1.54, 1.807) is 25.1 Å². The Morgan fingerprint density at radius 2 is 1.88 bits per heavy atom. The van der Waals surface area contributed by atoms with Crippen LogP contribution in [0.2, 0.25) is 0 Å². The highest BCUT2D eigenvalue weighted by molar-refractivity contribution is 7.99. The van der Waals surface area contributed by atoms with Crippen LogP contribution < -0.4 is 10.1 Å². The topological polar surface area (TPSA) is 82.2 Å². The summed E-state index contributed by atoms with van der Waals surface area (Å²) >= 11 is 1.55. The van der Waals surface area contributed by atoms with Gasteiger partial charge in [0, 0.05) is 18.7 Å². The average Bonchev–Trinajstić information content (AvgIpc) is 3.51. The van der Waals surface area contributed by atoms with E-state index in [0.717, 1.165) is 23.4 Å². The van der Waals surface area contributed by atoms with Crippen LogP contribution in [0.3, 0.4) is 0 Å². The second kappa shape index (κ2) is 10.7. The average molecular weight is 449 g/mol. The first-order valence-corrected chi connectivity index (χ1v) is 11.3.